The largest absolute Gasteiger partial charge is 0.491 e. The number of nitrogens with zero attached hydrogens (tertiary/aromatic N) is 2. The molecule has 0 saturated carbocycles. The number of nitrogens with one attached hydrogen (secondary N) is 1. The fraction of sp³-hybridized carbons (Fsp3) is 0.435. The van der Waals surface area contributed by atoms with Crippen LogP contribution in [0.2, 0.25) is 5.02 Å². The minimum atomic E-state index is -0.864. The zero-order valence-electron chi connectivity index (χ0n) is 18.9. The highest BCUT2D eigenvalue weighted by Gasteiger charge is 2.34. The topological polar surface area (TPSA) is 123 Å². The van der Waals surface area contributed by atoms with Crippen LogP contribution in [0.4, 0.5) is 4.39 Å². The average Bonchev–Trinajstić information content (AvgIpc) is 2.82. The number of amides is 2. The van der Waals surface area contributed by atoms with Gasteiger partial charge < -0.3 is 29.7 Å². The molecular weight excluding hydrogens is 469 g/mol. The Kier molecular flexibility index (Phi) is 8.29. The van der Waals surface area contributed by atoms with Crippen molar-refractivity contribution in [2.75, 3.05) is 33.9 Å². The van der Waals surface area contributed by atoms with Gasteiger partial charge in [0.05, 0.1) is 30.4 Å². The molecule has 2 heterocycles. The van der Waals surface area contributed by atoms with E-state index < -0.39 is 29.3 Å². The number of methoxy groups -OCH3 is 1. The molecule has 0 radical (unpaired) electrons. The highest BCUT2D eigenvalue weighted by Crippen LogP contribution is 2.29. The van der Waals surface area contributed by atoms with Gasteiger partial charge in [0.1, 0.15) is 11.5 Å². The van der Waals surface area contributed by atoms with Gasteiger partial charge in [-0.1, -0.05) is 17.7 Å². The molecule has 3 N–H and O–H groups in total. The van der Waals surface area contributed by atoms with Crippen LogP contribution in [0.5, 0.6) is 5.75 Å². The van der Waals surface area contributed by atoms with Gasteiger partial charge >= 0.3 is 0 Å². The number of aromatic nitrogens is 1. The van der Waals surface area contributed by atoms with Gasteiger partial charge in [-0.25, -0.2) is 4.39 Å². The van der Waals surface area contributed by atoms with Gasteiger partial charge in [-0.3, -0.25) is 14.4 Å². The van der Waals surface area contributed by atoms with Crippen LogP contribution < -0.4 is 10.3 Å². The van der Waals surface area contributed by atoms with E-state index in [2.05, 4.69) is 4.98 Å². The lowest BCUT2D eigenvalue weighted by Gasteiger charge is -2.31. The van der Waals surface area contributed by atoms with E-state index in [-0.39, 0.29) is 48.3 Å². The molecule has 1 aromatic heterocycles. The summed E-state index contributed by atoms with van der Waals surface area (Å²) in [4.78, 5) is 44.5. The van der Waals surface area contributed by atoms with Crippen LogP contribution in [0.25, 0.3) is 0 Å². The minimum absolute atomic E-state index is 0.0174. The second-order valence-corrected chi connectivity index (χ2v) is 8.55. The number of aliphatic hydroxyl groups is 2. The number of benzene rings is 1. The summed E-state index contributed by atoms with van der Waals surface area (Å²) in [6, 6.07) is 4.18. The Morgan fingerprint density at radius 2 is 2.12 bits per heavy atom. The third-order valence-electron chi connectivity index (χ3n) is 5.77. The van der Waals surface area contributed by atoms with Gasteiger partial charge in [-0.05, 0) is 42.5 Å². The molecule has 34 heavy (non-hydrogen) atoms. The number of H-pyrrole nitrogens is 1. The fourth-order valence-corrected chi connectivity index (χ4v) is 4.14. The molecule has 0 aliphatic carbocycles. The number of ether oxygens (including phenoxy) is 1. The first-order chi connectivity index (χ1) is 16.2. The molecule has 0 bridgehead atoms. The first-order valence-corrected chi connectivity index (χ1v) is 11.2. The van der Waals surface area contributed by atoms with E-state index >= 15 is 0 Å². The summed E-state index contributed by atoms with van der Waals surface area (Å²) in [5, 5.41) is 18.4. The van der Waals surface area contributed by atoms with Crippen molar-refractivity contribution in [3.63, 3.8) is 0 Å². The van der Waals surface area contributed by atoms with Gasteiger partial charge in [0.15, 0.2) is 5.75 Å². The summed E-state index contributed by atoms with van der Waals surface area (Å²) in [6.45, 7) is 0.330. The van der Waals surface area contributed by atoms with Crippen LogP contribution in [0.3, 0.4) is 0 Å². The van der Waals surface area contributed by atoms with Crippen LogP contribution in [-0.4, -0.2) is 76.8 Å². The first kappa shape index (κ1) is 25.7. The van der Waals surface area contributed by atoms with E-state index in [1.165, 1.54) is 35.1 Å². The molecule has 0 fully saturated rings. The summed E-state index contributed by atoms with van der Waals surface area (Å²) in [6.07, 6.45) is 0.184. The van der Waals surface area contributed by atoms with Crippen LogP contribution in [0.1, 0.15) is 44.8 Å². The Morgan fingerprint density at radius 1 is 1.38 bits per heavy atom. The molecule has 3 rings (SSSR count). The molecule has 9 nitrogen and oxygen atoms in total. The predicted octanol–water partition coefficient (Wildman–Crippen LogP) is 1.58. The molecule has 1 aliphatic rings. The average molecular weight is 496 g/mol. The lowest BCUT2D eigenvalue weighted by molar-refractivity contribution is 0.0711. The normalized spacial score (nSPS) is 14.1. The molecule has 2 amide bonds. The molecule has 11 heteroatoms. The number of aliphatic hydroxyl groups excluding tert-OH is 2. The Balaban J connectivity index is 1.89. The van der Waals surface area contributed by atoms with E-state index in [0.717, 1.165) is 0 Å². The van der Waals surface area contributed by atoms with Crippen molar-refractivity contribution in [3.8, 4) is 5.75 Å². The van der Waals surface area contributed by atoms with E-state index in [1.807, 2.05) is 0 Å². The summed E-state index contributed by atoms with van der Waals surface area (Å²) in [5.74, 6) is -1.69. The first-order valence-electron chi connectivity index (χ1n) is 10.8. The second-order valence-electron chi connectivity index (χ2n) is 8.15. The van der Waals surface area contributed by atoms with Crippen molar-refractivity contribution in [2.45, 2.75) is 31.9 Å². The van der Waals surface area contributed by atoms with Gasteiger partial charge in [-0.15, -0.1) is 0 Å². The molecule has 1 aromatic carbocycles. The van der Waals surface area contributed by atoms with Gasteiger partial charge in [-0.2, -0.15) is 0 Å². The lowest BCUT2D eigenvalue weighted by Crippen LogP contribution is -2.41. The summed E-state index contributed by atoms with van der Waals surface area (Å²) >= 11 is 5.85. The highest BCUT2D eigenvalue weighted by molar-refractivity contribution is 6.30. The monoisotopic (exact) mass is 495 g/mol. The zero-order valence-corrected chi connectivity index (χ0v) is 19.7. The van der Waals surface area contributed by atoms with E-state index in [4.69, 9.17) is 21.4 Å². The third-order valence-corrected chi connectivity index (χ3v) is 6.06. The van der Waals surface area contributed by atoms with Gasteiger partial charge in [0.25, 0.3) is 17.4 Å². The number of halogens is 2. The molecule has 1 aliphatic heterocycles. The Hall–Kier alpha value is -2.95. The summed E-state index contributed by atoms with van der Waals surface area (Å²) < 4.78 is 18.7. The molecule has 2 aromatic rings. The number of hydrogen-bond acceptors (Lipinski definition) is 6. The molecule has 1 atom stereocenters. The quantitative estimate of drug-likeness (QED) is 0.485. The van der Waals surface area contributed by atoms with E-state index in [1.54, 1.807) is 7.05 Å². The van der Waals surface area contributed by atoms with Crippen molar-refractivity contribution in [1.82, 2.24) is 14.8 Å². The maximum Gasteiger partial charge on any atom is 0.291 e. The van der Waals surface area contributed by atoms with Crippen molar-refractivity contribution in [2.24, 2.45) is 0 Å². The number of carbonyl (C=O) groups excluding carboxylic acids is 2. The SMILES string of the molecule is COc1c2c(c(C(=O)N(C)CCCC(O)CO)[nH]c1=O)CCN(Cc1ccc(F)c(Cl)c1)C2=O. The fourth-order valence-electron chi connectivity index (χ4n) is 3.94. The van der Waals surface area contributed by atoms with Gasteiger partial charge in [0, 0.05) is 26.7 Å². The summed E-state index contributed by atoms with van der Waals surface area (Å²) in [5.41, 5.74) is 0.353. The number of pyridine rings is 1. The van der Waals surface area contributed by atoms with E-state index in [0.29, 0.717) is 30.4 Å². The molecule has 0 saturated heterocycles. The van der Waals surface area contributed by atoms with Crippen LogP contribution >= 0.6 is 11.6 Å². The molecule has 1 unspecified atom stereocenters. The minimum Gasteiger partial charge on any atom is -0.491 e. The Bertz CT molecular complexity index is 1140. The number of hydrogen-bond donors (Lipinski definition) is 3. The zero-order chi connectivity index (χ0) is 25.0. The summed E-state index contributed by atoms with van der Waals surface area (Å²) in [7, 11) is 2.83. The lowest BCUT2D eigenvalue weighted by atomic mass is 9.95. The van der Waals surface area contributed by atoms with Crippen LogP contribution in [0.15, 0.2) is 23.0 Å². The second kappa shape index (κ2) is 11.0. The number of fused-ring (bicyclic) bond motifs is 1. The van der Waals surface area contributed by atoms with Crippen molar-refractivity contribution < 1.29 is 28.9 Å². The van der Waals surface area contributed by atoms with Crippen molar-refractivity contribution >= 4 is 23.4 Å². The van der Waals surface area contributed by atoms with Crippen molar-refractivity contribution in [3.05, 3.63) is 61.8 Å². The molecule has 184 valence electrons. The Labute approximate surface area is 200 Å². The molecule has 0 spiro atoms. The van der Waals surface area contributed by atoms with Crippen molar-refractivity contribution in [1.29, 1.82) is 0 Å². The number of rotatable bonds is 9. The standard InChI is InChI=1S/C23H27ClFN3O6/c1-27(8-3-4-14(30)12-29)23(33)19-15-7-9-28(11-13-5-6-17(25)16(24)10-13)22(32)18(15)20(34-2)21(31)26-19/h5-6,10,14,29-30H,3-4,7-9,11-12H2,1-2H3,(H,26,31). The van der Waals surface area contributed by atoms with E-state index in [9.17, 15) is 23.9 Å². The Morgan fingerprint density at radius 3 is 2.76 bits per heavy atom. The maximum absolute atomic E-state index is 13.5. The van der Waals surface area contributed by atoms with Gasteiger partial charge in [0.2, 0.25) is 0 Å². The maximum atomic E-state index is 13.5. The third kappa shape index (κ3) is 5.40. The van der Waals surface area contributed by atoms with Crippen LogP contribution in [0, 0.1) is 5.82 Å². The highest BCUT2D eigenvalue weighted by atomic mass is 35.5. The molecular formula is C23H27ClFN3O6. The number of carbonyl (C=O) groups is 2. The number of aromatic amines is 1. The smallest absolute Gasteiger partial charge is 0.291 e. The van der Waals surface area contributed by atoms with Crippen LogP contribution in [-0.2, 0) is 13.0 Å². The predicted molar refractivity (Wildman–Crippen MR) is 123 cm³/mol.